The van der Waals surface area contributed by atoms with Gasteiger partial charge < -0.3 is 10.1 Å². The smallest absolute Gasteiger partial charge is 0.255 e. The lowest BCUT2D eigenvalue weighted by Crippen LogP contribution is -2.28. The minimum absolute atomic E-state index is 0.0623. The van der Waals surface area contributed by atoms with Crippen LogP contribution in [0.15, 0.2) is 72.8 Å². The number of ether oxygens (including phenoxy) is 1. The molecule has 0 bridgehead atoms. The molecule has 0 radical (unpaired) electrons. The number of methoxy groups -OCH3 is 1. The second kappa shape index (κ2) is 9.32. The van der Waals surface area contributed by atoms with E-state index < -0.39 is 0 Å². The van der Waals surface area contributed by atoms with Gasteiger partial charge in [-0.25, -0.2) is 0 Å². The van der Waals surface area contributed by atoms with Gasteiger partial charge in [0.25, 0.3) is 5.91 Å². The van der Waals surface area contributed by atoms with Crippen LogP contribution < -0.4 is 15.0 Å². The molecule has 5 nitrogen and oxygen atoms in total. The molecule has 0 saturated carbocycles. The molecule has 170 valence electrons. The maximum Gasteiger partial charge on any atom is 0.255 e. The predicted molar refractivity (Wildman–Crippen MR) is 135 cm³/mol. The lowest BCUT2D eigenvalue weighted by Gasteiger charge is -2.26. The van der Waals surface area contributed by atoms with Gasteiger partial charge in [0, 0.05) is 16.9 Å². The summed E-state index contributed by atoms with van der Waals surface area (Å²) in [5, 5.41) is 2.82. The Bertz CT molecular complexity index is 1150. The molecule has 1 aliphatic rings. The standard InChI is InChI=1S/C27H28N2O3S/c1-27(2,3)20-10-14-22(15-11-20)29-24(30)17-33-26(29)18-8-12-21(13-9-18)28-25(31)19-6-5-7-23(16-19)32-4/h5-16,26H,17H2,1-4H3,(H,28,31)/t26-/m1/s1. The van der Waals surface area contributed by atoms with Gasteiger partial charge in [0.15, 0.2) is 0 Å². The zero-order valence-electron chi connectivity index (χ0n) is 19.3. The second-order valence-corrected chi connectivity index (χ2v) is 10.1. The Morgan fingerprint density at radius 1 is 1.03 bits per heavy atom. The zero-order valence-corrected chi connectivity index (χ0v) is 20.1. The molecule has 1 aliphatic heterocycles. The highest BCUT2D eigenvalue weighted by Crippen LogP contribution is 2.42. The number of benzene rings is 3. The third kappa shape index (κ3) is 5.06. The van der Waals surface area contributed by atoms with Crippen molar-refractivity contribution in [2.75, 3.05) is 23.1 Å². The van der Waals surface area contributed by atoms with Crippen LogP contribution in [0.5, 0.6) is 5.75 Å². The Morgan fingerprint density at radius 3 is 2.36 bits per heavy atom. The lowest BCUT2D eigenvalue weighted by atomic mass is 9.87. The molecule has 33 heavy (non-hydrogen) atoms. The summed E-state index contributed by atoms with van der Waals surface area (Å²) < 4.78 is 5.19. The third-order valence-corrected chi connectivity index (χ3v) is 6.88. The van der Waals surface area contributed by atoms with Crippen LogP contribution >= 0.6 is 11.8 Å². The van der Waals surface area contributed by atoms with Gasteiger partial charge in [-0.2, -0.15) is 0 Å². The fourth-order valence-electron chi connectivity index (χ4n) is 3.77. The number of nitrogens with zero attached hydrogens (tertiary/aromatic N) is 1. The number of carbonyl (C=O) groups is 2. The largest absolute Gasteiger partial charge is 0.497 e. The van der Waals surface area contributed by atoms with Gasteiger partial charge in [-0.15, -0.1) is 11.8 Å². The lowest BCUT2D eigenvalue weighted by molar-refractivity contribution is -0.115. The Balaban J connectivity index is 1.50. The van der Waals surface area contributed by atoms with Crippen LogP contribution in [0.1, 0.15) is 47.6 Å². The van der Waals surface area contributed by atoms with Gasteiger partial charge in [0.2, 0.25) is 5.91 Å². The van der Waals surface area contributed by atoms with Crippen LogP contribution in [0.3, 0.4) is 0 Å². The Morgan fingerprint density at radius 2 is 1.73 bits per heavy atom. The maximum atomic E-state index is 12.7. The molecule has 1 N–H and O–H groups in total. The highest BCUT2D eigenvalue weighted by Gasteiger charge is 2.34. The molecule has 1 saturated heterocycles. The number of nitrogens with one attached hydrogen (secondary N) is 1. The van der Waals surface area contributed by atoms with Crippen LogP contribution in [0.4, 0.5) is 11.4 Å². The summed E-state index contributed by atoms with van der Waals surface area (Å²) in [7, 11) is 1.57. The zero-order chi connectivity index (χ0) is 23.6. The van der Waals surface area contributed by atoms with E-state index in [4.69, 9.17) is 4.74 Å². The Kier molecular flexibility index (Phi) is 6.47. The molecule has 3 aromatic carbocycles. The molecule has 0 spiro atoms. The normalized spacial score (nSPS) is 16.1. The van der Waals surface area contributed by atoms with Crippen molar-refractivity contribution in [3.05, 3.63) is 89.5 Å². The van der Waals surface area contributed by atoms with Gasteiger partial charge in [-0.05, 0) is 59.0 Å². The minimum Gasteiger partial charge on any atom is -0.497 e. The molecule has 6 heteroatoms. The van der Waals surface area contributed by atoms with Crippen LogP contribution in [0, 0.1) is 0 Å². The summed E-state index contributed by atoms with van der Waals surface area (Å²) in [5.74, 6) is 0.980. The number of carbonyl (C=O) groups excluding carboxylic acids is 2. The van der Waals surface area contributed by atoms with Crippen LogP contribution in [-0.4, -0.2) is 24.7 Å². The molecular formula is C27H28N2O3S. The molecule has 4 rings (SSSR count). The van der Waals surface area contributed by atoms with E-state index in [9.17, 15) is 9.59 Å². The van der Waals surface area contributed by atoms with Crippen LogP contribution in [0.2, 0.25) is 0 Å². The predicted octanol–water partition coefficient (Wildman–Crippen LogP) is 6.02. The van der Waals surface area contributed by atoms with Gasteiger partial charge >= 0.3 is 0 Å². The number of amides is 2. The van der Waals surface area contributed by atoms with Crippen molar-refractivity contribution >= 4 is 35.0 Å². The molecule has 0 aliphatic carbocycles. The van der Waals surface area contributed by atoms with Crippen molar-refractivity contribution in [2.45, 2.75) is 31.6 Å². The molecule has 1 heterocycles. The summed E-state index contributed by atoms with van der Waals surface area (Å²) in [6.45, 7) is 6.53. The van der Waals surface area contributed by atoms with Gasteiger partial charge in [0.05, 0.1) is 12.9 Å². The number of anilines is 2. The van der Waals surface area contributed by atoms with Crippen molar-refractivity contribution in [2.24, 2.45) is 0 Å². The van der Waals surface area contributed by atoms with Crippen molar-refractivity contribution in [1.82, 2.24) is 0 Å². The van der Waals surface area contributed by atoms with Crippen molar-refractivity contribution in [1.29, 1.82) is 0 Å². The molecule has 2 amide bonds. The number of thioether (sulfide) groups is 1. The molecule has 0 unspecified atom stereocenters. The van der Waals surface area contributed by atoms with Gasteiger partial charge in [0.1, 0.15) is 11.1 Å². The maximum absolute atomic E-state index is 12.7. The van der Waals surface area contributed by atoms with E-state index in [1.807, 2.05) is 41.3 Å². The number of rotatable bonds is 5. The summed E-state index contributed by atoms with van der Waals surface area (Å²) in [6, 6.07) is 23.0. The highest BCUT2D eigenvalue weighted by molar-refractivity contribution is 8.00. The summed E-state index contributed by atoms with van der Waals surface area (Å²) in [4.78, 5) is 27.1. The Hall–Kier alpha value is -3.25. The van der Waals surface area contributed by atoms with Crippen LogP contribution in [-0.2, 0) is 10.2 Å². The van der Waals surface area contributed by atoms with Crippen LogP contribution in [0.25, 0.3) is 0 Å². The van der Waals surface area contributed by atoms with Crippen molar-refractivity contribution < 1.29 is 14.3 Å². The number of hydrogen-bond donors (Lipinski definition) is 1. The third-order valence-electron chi connectivity index (χ3n) is 5.67. The van der Waals surface area contributed by atoms with E-state index >= 15 is 0 Å². The average molecular weight is 461 g/mol. The average Bonchev–Trinajstić information content (AvgIpc) is 3.20. The molecular weight excluding hydrogens is 432 g/mol. The minimum atomic E-state index is -0.201. The van der Waals surface area contributed by atoms with E-state index in [1.54, 1.807) is 43.1 Å². The van der Waals surface area contributed by atoms with Crippen molar-refractivity contribution in [3.8, 4) is 5.75 Å². The first kappa shape index (κ1) is 22.9. The fraction of sp³-hybridized carbons (Fsp3) is 0.259. The molecule has 1 fully saturated rings. The molecule has 1 atom stereocenters. The van der Waals surface area contributed by atoms with E-state index in [-0.39, 0.29) is 22.6 Å². The SMILES string of the molecule is COc1cccc(C(=O)Nc2ccc([C@H]3SCC(=O)N3c3ccc(C(C)(C)C)cc3)cc2)c1. The van der Waals surface area contributed by atoms with Gasteiger partial charge in [-0.1, -0.05) is 51.1 Å². The summed E-state index contributed by atoms with van der Waals surface area (Å²) >= 11 is 1.61. The second-order valence-electron chi connectivity index (χ2n) is 9.03. The topological polar surface area (TPSA) is 58.6 Å². The summed E-state index contributed by atoms with van der Waals surface area (Å²) in [6.07, 6.45) is 0. The first-order chi connectivity index (χ1) is 15.8. The summed E-state index contributed by atoms with van der Waals surface area (Å²) in [5.41, 5.74) is 4.44. The van der Waals surface area contributed by atoms with E-state index in [1.165, 1.54) is 5.56 Å². The first-order valence-corrected chi connectivity index (χ1v) is 11.9. The monoisotopic (exact) mass is 460 g/mol. The first-order valence-electron chi connectivity index (χ1n) is 10.9. The van der Waals surface area contributed by atoms with E-state index in [0.717, 1.165) is 11.3 Å². The quantitative estimate of drug-likeness (QED) is 0.506. The van der Waals surface area contributed by atoms with E-state index in [0.29, 0.717) is 22.8 Å². The fourth-order valence-corrected chi connectivity index (χ4v) is 4.95. The molecule has 3 aromatic rings. The van der Waals surface area contributed by atoms with Gasteiger partial charge in [-0.3, -0.25) is 14.5 Å². The molecule has 0 aromatic heterocycles. The highest BCUT2D eigenvalue weighted by atomic mass is 32.2. The van der Waals surface area contributed by atoms with Crippen molar-refractivity contribution in [3.63, 3.8) is 0 Å². The Labute approximate surface area is 199 Å². The van der Waals surface area contributed by atoms with E-state index in [2.05, 4.69) is 38.2 Å². The number of hydrogen-bond acceptors (Lipinski definition) is 4.